The van der Waals surface area contributed by atoms with Crippen LogP contribution in [0.3, 0.4) is 0 Å². The molecule has 3 heteroatoms. The van der Waals surface area contributed by atoms with E-state index in [2.05, 4.69) is 19.2 Å². The summed E-state index contributed by atoms with van der Waals surface area (Å²) in [6.45, 7) is 7.00. The van der Waals surface area contributed by atoms with Gasteiger partial charge in [-0.15, -0.1) is 0 Å². The van der Waals surface area contributed by atoms with E-state index in [1.54, 1.807) is 0 Å². The molecule has 1 aromatic carbocycles. The average Bonchev–Trinajstić information content (AvgIpc) is 2.76. The fourth-order valence-corrected chi connectivity index (χ4v) is 2.28. The lowest BCUT2D eigenvalue weighted by molar-refractivity contribution is 0.434. The number of hydrogen-bond acceptors (Lipinski definition) is 2. The van der Waals surface area contributed by atoms with E-state index in [1.165, 1.54) is 11.1 Å². The molecule has 18 heavy (non-hydrogen) atoms. The van der Waals surface area contributed by atoms with Gasteiger partial charge in [0.2, 0.25) is 0 Å². The van der Waals surface area contributed by atoms with Gasteiger partial charge in [-0.25, -0.2) is 0 Å². The number of furan rings is 1. The average molecular weight is 264 g/mol. The van der Waals surface area contributed by atoms with E-state index in [0.717, 1.165) is 23.1 Å². The van der Waals surface area contributed by atoms with E-state index in [4.69, 9.17) is 16.0 Å². The number of rotatable bonds is 4. The van der Waals surface area contributed by atoms with E-state index in [1.807, 2.05) is 37.3 Å². The van der Waals surface area contributed by atoms with Gasteiger partial charge in [-0.05, 0) is 55.8 Å². The summed E-state index contributed by atoms with van der Waals surface area (Å²) in [4.78, 5) is 0. The molecule has 0 spiro atoms. The Hall–Kier alpha value is -1.25. The Morgan fingerprint density at radius 1 is 1.22 bits per heavy atom. The summed E-state index contributed by atoms with van der Waals surface area (Å²) in [5, 5.41) is 4.20. The Balaban J connectivity index is 2.44. The van der Waals surface area contributed by atoms with Crippen molar-refractivity contribution in [2.75, 3.05) is 6.54 Å². The predicted molar refractivity (Wildman–Crippen MR) is 75.2 cm³/mol. The largest absolute Gasteiger partial charge is 0.464 e. The lowest BCUT2D eigenvalue weighted by Crippen LogP contribution is -2.22. The van der Waals surface area contributed by atoms with Crippen LogP contribution < -0.4 is 5.32 Å². The summed E-state index contributed by atoms with van der Waals surface area (Å²) in [5.41, 5.74) is 2.37. The molecule has 2 aromatic rings. The Bertz CT molecular complexity index is 533. The lowest BCUT2D eigenvalue weighted by Gasteiger charge is -2.18. The van der Waals surface area contributed by atoms with Gasteiger partial charge in [-0.3, -0.25) is 0 Å². The highest BCUT2D eigenvalue weighted by Crippen LogP contribution is 2.28. The number of aryl methyl sites for hydroxylation is 2. The lowest BCUT2D eigenvalue weighted by atomic mass is 9.99. The molecule has 0 aliphatic rings. The number of hydrogen-bond donors (Lipinski definition) is 1. The van der Waals surface area contributed by atoms with Crippen molar-refractivity contribution in [3.8, 4) is 0 Å². The Morgan fingerprint density at radius 3 is 2.61 bits per heavy atom. The first-order valence-electron chi connectivity index (χ1n) is 6.17. The number of benzene rings is 1. The summed E-state index contributed by atoms with van der Waals surface area (Å²) < 4.78 is 5.74. The van der Waals surface area contributed by atoms with E-state index in [9.17, 15) is 0 Å². The zero-order valence-electron chi connectivity index (χ0n) is 11.0. The molecule has 0 fully saturated rings. The molecule has 1 unspecified atom stereocenters. The minimum atomic E-state index is 0.0578. The predicted octanol–water partition coefficient (Wildman–Crippen LogP) is 4.25. The van der Waals surface area contributed by atoms with Crippen LogP contribution in [0.5, 0.6) is 0 Å². The second kappa shape index (κ2) is 5.59. The Kier molecular flexibility index (Phi) is 4.10. The maximum atomic E-state index is 6.10. The Labute approximate surface area is 113 Å². The van der Waals surface area contributed by atoms with Gasteiger partial charge in [0.1, 0.15) is 11.5 Å². The quantitative estimate of drug-likeness (QED) is 0.892. The molecule has 0 bridgehead atoms. The fraction of sp³-hybridized carbons (Fsp3) is 0.333. The van der Waals surface area contributed by atoms with Crippen LogP contribution in [0, 0.1) is 13.8 Å². The van der Waals surface area contributed by atoms with Crippen molar-refractivity contribution in [2.24, 2.45) is 0 Å². The molecule has 0 aliphatic heterocycles. The SMILES string of the molecule is CCNC(c1ccc(C)o1)c1cc(Cl)ccc1C. The van der Waals surface area contributed by atoms with Crippen molar-refractivity contribution in [3.63, 3.8) is 0 Å². The van der Waals surface area contributed by atoms with Crippen LogP contribution in [0.2, 0.25) is 5.02 Å². The minimum Gasteiger partial charge on any atom is -0.464 e. The van der Waals surface area contributed by atoms with Gasteiger partial charge in [0.15, 0.2) is 0 Å². The van der Waals surface area contributed by atoms with E-state index < -0.39 is 0 Å². The first-order chi connectivity index (χ1) is 8.61. The molecule has 0 saturated heterocycles. The molecule has 0 radical (unpaired) electrons. The third-order valence-corrected chi connectivity index (χ3v) is 3.24. The van der Waals surface area contributed by atoms with Gasteiger partial charge in [-0.2, -0.15) is 0 Å². The van der Waals surface area contributed by atoms with Gasteiger partial charge < -0.3 is 9.73 Å². The molecular weight excluding hydrogens is 246 g/mol. The van der Waals surface area contributed by atoms with Crippen molar-refractivity contribution in [1.29, 1.82) is 0 Å². The number of halogens is 1. The summed E-state index contributed by atoms with van der Waals surface area (Å²) in [6.07, 6.45) is 0. The molecule has 0 saturated carbocycles. The summed E-state index contributed by atoms with van der Waals surface area (Å²) in [5.74, 6) is 1.85. The maximum Gasteiger partial charge on any atom is 0.125 e. The maximum absolute atomic E-state index is 6.10. The normalized spacial score (nSPS) is 12.7. The van der Waals surface area contributed by atoms with E-state index >= 15 is 0 Å². The molecule has 96 valence electrons. The van der Waals surface area contributed by atoms with Crippen LogP contribution >= 0.6 is 11.6 Å². The topological polar surface area (TPSA) is 25.2 Å². The Morgan fingerprint density at radius 2 is 2.00 bits per heavy atom. The number of nitrogens with one attached hydrogen (secondary N) is 1. The minimum absolute atomic E-state index is 0.0578. The van der Waals surface area contributed by atoms with Crippen LogP contribution in [-0.2, 0) is 0 Å². The first-order valence-corrected chi connectivity index (χ1v) is 6.55. The molecule has 2 rings (SSSR count). The van der Waals surface area contributed by atoms with Gasteiger partial charge in [0.25, 0.3) is 0 Å². The van der Waals surface area contributed by atoms with Crippen molar-refractivity contribution in [3.05, 3.63) is 58.0 Å². The van der Waals surface area contributed by atoms with Gasteiger partial charge in [-0.1, -0.05) is 24.6 Å². The molecule has 1 heterocycles. The summed E-state index contributed by atoms with van der Waals surface area (Å²) in [6, 6.07) is 10.0. The summed E-state index contributed by atoms with van der Waals surface area (Å²) >= 11 is 6.10. The highest BCUT2D eigenvalue weighted by atomic mass is 35.5. The highest BCUT2D eigenvalue weighted by molar-refractivity contribution is 6.30. The van der Waals surface area contributed by atoms with Gasteiger partial charge >= 0.3 is 0 Å². The van der Waals surface area contributed by atoms with Crippen molar-refractivity contribution in [1.82, 2.24) is 5.32 Å². The van der Waals surface area contributed by atoms with Crippen molar-refractivity contribution >= 4 is 11.6 Å². The van der Waals surface area contributed by atoms with Gasteiger partial charge in [0, 0.05) is 5.02 Å². The molecule has 1 aromatic heterocycles. The molecule has 2 nitrogen and oxygen atoms in total. The fourth-order valence-electron chi connectivity index (χ4n) is 2.10. The van der Waals surface area contributed by atoms with Crippen LogP contribution in [-0.4, -0.2) is 6.54 Å². The third kappa shape index (κ3) is 2.77. The second-order valence-corrected chi connectivity index (χ2v) is 4.88. The molecule has 0 amide bonds. The van der Waals surface area contributed by atoms with Crippen LogP contribution in [0.4, 0.5) is 0 Å². The standard InChI is InChI=1S/C15H18ClNO/c1-4-17-15(14-8-6-11(3)18-14)13-9-12(16)7-5-10(13)2/h5-9,15,17H,4H2,1-3H3. The molecule has 1 N–H and O–H groups in total. The van der Waals surface area contributed by atoms with Crippen molar-refractivity contribution < 1.29 is 4.42 Å². The van der Waals surface area contributed by atoms with Crippen LogP contribution in [0.1, 0.15) is 35.6 Å². The monoisotopic (exact) mass is 263 g/mol. The van der Waals surface area contributed by atoms with Crippen LogP contribution in [0.15, 0.2) is 34.7 Å². The van der Waals surface area contributed by atoms with Crippen LogP contribution in [0.25, 0.3) is 0 Å². The first kappa shape index (κ1) is 13.2. The summed E-state index contributed by atoms with van der Waals surface area (Å²) in [7, 11) is 0. The van der Waals surface area contributed by atoms with Crippen molar-refractivity contribution in [2.45, 2.75) is 26.8 Å². The highest BCUT2D eigenvalue weighted by Gasteiger charge is 2.18. The third-order valence-electron chi connectivity index (χ3n) is 3.01. The molecule has 0 aliphatic carbocycles. The zero-order valence-corrected chi connectivity index (χ0v) is 11.7. The smallest absolute Gasteiger partial charge is 0.125 e. The zero-order chi connectivity index (χ0) is 13.1. The molecule has 1 atom stereocenters. The van der Waals surface area contributed by atoms with E-state index in [0.29, 0.717) is 0 Å². The van der Waals surface area contributed by atoms with E-state index in [-0.39, 0.29) is 6.04 Å². The van der Waals surface area contributed by atoms with Gasteiger partial charge in [0.05, 0.1) is 6.04 Å². The second-order valence-electron chi connectivity index (χ2n) is 4.44. The molecular formula is C15H18ClNO.